The second-order valence-electron chi connectivity index (χ2n) is 9.25. The Morgan fingerprint density at radius 3 is 2.40 bits per heavy atom. The van der Waals surface area contributed by atoms with Gasteiger partial charge in [-0.25, -0.2) is 4.79 Å². The van der Waals surface area contributed by atoms with E-state index in [0.717, 1.165) is 29.5 Å². The van der Waals surface area contributed by atoms with Gasteiger partial charge in [-0.1, -0.05) is 43.6 Å². The number of nitriles is 1. The molecule has 2 amide bonds. The maximum absolute atomic E-state index is 14.0. The summed E-state index contributed by atoms with van der Waals surface area (Å²) in [6.45, 7) is 12.1. The van der Waals surface area contributed by atoms with Gasteiger partial charge < -0.3 is 9.64 Å². The number of urea groups is 1. The molecule has 1 aliphatic rings. The van der Waals surface area contributed by atoms with Crippen molar-refractivity contribution in [3.8, 4) is 11.8 Å². The smallest absolute Gasteiger partial charge is 0.326 e. The number of hydrogen-bond donors (Lipinski definition) is 0. The fraction of sp³-hybridized carbons (Fsp3) is 0.464. The molecule has 1 aliphatic heterocycles. The zero-order chi connectivity index (χ0) is 25.6. The molecule has 1 heterocycles. The van der Waals surface area contributed by atoms with Gasteiger partial charge >= 0.3 is 6.03 Å². The molecule has 7 heteroatoms. The van der Waals surface area contributed by atoms with Crippen molar-refractivity contribution in [2.24, 2.45) is 4.99 Å². The van der Waals surface area contributed by atoms with E-state index in [1.54, 1.807) is 4.90 Å². The molecule has 0 aromatic heterocycles. The number of amidine groups is 1. The van der Waals surface area contributed by atoms with Crippen molar-refractivity contribution < 1.29 is 9.53 Å². The van der Waals surface area contributed by atoms with Crippen LogP contribution in [0.5, 0.6) is 5.75 Å². The third-order valence-electron chi connectivity index (χ3n) is 6.19. The molecule has 1 atom stereocenters. The molecule has 0 saturated carbocycles. The van der Waals surface area contributed by atoms with Crippen molar-refractivity contribution in [3.05, 3.63) is 64.2 Å². The lowest BCUT2D eigenvalue weighted by Gasteiger charge is -2.33. The zero-order valence-corrected chi connectivity index (χ0v) is 22.1. The molecule has 0 unspecified atom stereocenters. The summed E-state index contributed by atoms with van der Waals surface area (Å²) in [6, 6.07) is 15.4. The maximum Gasteiger partial charge on any atom is 0.326 e. The summed E-state index contributed by atoms with van der Waals surface area (Å²) < 4.78 is 5.96. The highest BCUT2D eigenvalue weighted by molar-refractivity contribution is 6.30. The van der Waals surface area contributed by atoms with Crippen LogP contribution in [0.25, 0.3) is 0 Å². The predicted octanol–water partition coefficient (Wildman–Crippen LogP) is 6.59. The number of halogens is 1. The molecular weight excluding hydrogens is 460 g/mol. The molecule has 6 nitrogen and oxygen atoms in total. The molecule has 2 aromatic rings. The molecule has 35 heavy (non-hydrogen) atoms. The minimum atomic E-state index is -0.695. The van der Waals surface area contributed by atoms with Crippen molar-refractivity contribution >= 4 is 23.5 Å². The molecule has 186 valence electrons. The van der Waals surface area contributed by atoms with E-state index in [1.165, 1.54) is 0 Å². The van der Waals surface area contributed by atoms with Crippen molar-refractivity contribution in [2.45, 2.75) is 58.9 Å². The fourth-order valence-corrected chi connectivity index (χ4v) is 4.42. The van der Waals surface area contributed by atoms with E-state index < -0.39 is 5.41 Å². The summed E-state index contributed by atoms with van der Waals surface area (Å²) in [5.74, 6) is 1.22. The second kappa shape index (κ2) is 11.6. The number of nitrogens with zero attached hydrogens (tertiary/aromatic N) is 4. The van der Waals surface area contributed by atoms with Gasteiger partial charge in [0.15, 0.2) is 0 Å². The van der Waals surface area contributed by atoms with E-state index in [4.69, 9.17) is 21.3 Å². The van der Waals surface area contributed by atoms with Gasteiger partial charge in [0.05, 0.1) is 36.2 Å². The Balaban J connectivity index is 2.15. The Morgan fingerprint density at radius 1 is 1.17 bits per heavy atom. The van der Waals surface area contributed by atoms with Crippen LogP contribution in [-0.2, 0) is 5.41 Å². The average Bonchev–Trinajstić information content (AvgIpc) is 3.29. The van der Waals surface area contributed by atoms with Gasteiger partial charge in [0.1, 0.15) is 11.6 Å². The van der Waals surface area contributed by atoms with Gasteiger partial charge in [-0.2, -0.15) is 5.26 Å². The molecule has 0 N–H and O–H groups in total. The van der Waals surface area contributed by atoms with Gasteiger partial charge in [-0.15, -0.1) is 0 Å². The first-order chi connectivity index (χ1) is 16.8. The summed E-state index contributed by atoms with van der Waals surface area (Å²) in [5.41, 5.74) is 1.85. The first kappa shape index (κ1) is 26.6. The van der Waals surface area contributed by atoms with Gasteiger partial charge in [-0.3, -0.25) is 9.89 Å². The summed E-state index contributed by atoms with van der Waals surface area (Å²) in [4.78, 5) is 22.6. The lowest BCUT2D eigenvalue weighted by atomic mass is 9.85. The monoisotopic (exact) mass is 494 g/mol. The molecule has 0 aliphatic carbocycles. The van der Waals surface area contributed by atoms with E-state index in [-0.39, 0.29) is 12.1 Å². The highest BCUT2D eigenvalue weighted by Crippen LogP contribution is 2.36. The Labute approximate surface area is 214 Å². The molecule has 0 fully saturated rings. The van der Waals surface area contributed by atoms with Crippen LogP contribution in [0.4, 0.5) is 4.79 Å². The first-order valence-corrected chi connectivity index (χ1v) is 12.7. The zero-order valence-electron chi connectivity index (χ0n) is 21.3. The molecule has 0 spiro atoms. The highest BCUT2D eigenvalue weighted by atomic mass is 35.5. The summed E-state index contributed by atoms with van der Waals surface area (Å²) in [5, 5.41) is 10.4. The number of hydrogen-bond acceptors (Lipinski definition) is 4. The number of ether oxygens (including phenoxy) is 1. The van der Waals surface area contributed by atoms with E-state index in [2.05, 4.69) is 19.9 Å². The number of rotatable bonds is 9. The van der Waals surface area contributed by atoms with E-state index >= 15 is 0 Å². The van der Waals surface area contributed by atoms with E-state index in [9.17, 15) is 10.1 Å². The minimum Gasteiger partial charge on any atom is -0.493 e. The Bertz CT molecular complexity index is 1100. The van der Waals surface area contributed by atoms with Gasteiger partial charge in [0.2, 0.25) is 0 Å². The third-order valence-corrected chi connectivity index (χ3v) is 6.45. The minimum absolute atomic E-state index is 0.0719. The number of benzene rings is 2. The Hall–Kier alpha value is -3.04. The van der Waals surface area contributed by atoms with Crippen LogP contribution in [0.3, 0.4) is 0 Å². The van der Waals surface area contributed by atoms with Crippen LogP contribution >= 0.6 is 11.6 Å². The van der Waals surface area contributed by atoms with Gasteiger partial charge in [0, 0.05) is 18.1 Å². The number of aliphatic imine (C=N–C) groups is 1. The SMILES string of the molecule is CCCN(CCC)C(=O)N1C(c2cc(C(C)(C)C#N)ccc2OCC)=NC[C@H]1c1ccc(Cl)cc1. The number of amides is 2. The van der Waals surface area contributed by atoms with Crippen molar-refractivity contribution in [1.82, 2.24) is 9.80 Å². The van der Waals surface area contributed by atoms with Crippen LogP contribution in [0.2, 0.25) is 5.02 Å². The lowest BCUT2D eigenvalue weighted by Crippen LogP contribution is -2.47. The summed E-state index contributed by atoms with van der Waals surface area (Å²) >= 11 is 6.14. The van der Waals surface area contributed by atoms with Crippen LogP contribution in [0, 0.1) is 11.3 Å². The normalized spacial score (nSPS) is 15.5. The van der Waals surface area contributed by atoms with Crippen LogP contribution < -0.4 is 4.74 Å². The third kappa shape index (κ3) is 5.79. The largest absolute Gasteiger partial charge is 0.493 e. The van der Waals surface area contributed by atoms with Crippen molar-refractivity contribution in [1.29, 1.82) is 5.26 Å². The van der Waals surface area contributed by atoms with E-state index in [1.807, 2.05) is 68.1 Å². The number of carbonyl (C=O) groups is 1. The van der Waals surface area contributed by atoms with E-state index in [0.29, 0.717) is 42.8 Å². The van der Waals surface area contributed by atoms with Crippen LogP contribution in [0.1, 0.15) is 70.2 Å². The first-order valence-electron chi connectivity index (χ1n) is 12.3. The second-order valence-corrected chi connectivity index (χ2v) is 9.69. The van der Waals surface area contributed by atoms with Crippen molar-refractivity contribution in [2.75, 3.05) is 26.2 Å². The van der Waals surface area contributed by atoms with Crippen LogP contribution in [0.15, 0.2) is 47.5 Å². The Morgan fingerprint density at radius 2 is 1.83 bits per heavy atom. The summed E-state index contributed by atoms with van der Waals surface area (Å²) in [6.07, 6.45) is 1.74. The van der Waals surface area contributed by atoms with Crippen molar-refractivity contribution in [3.63, 3.8) is 0 Å². The Kier molecular flexibility index (Phi) is 8.80. The number of carbonyl (C=O) groups excluding carboxylic acids is 1. The maximum atomic E-state index is 14.0. The molecular formula is C28H35ClN4O2. The topological polar surface area (TPSA) is 68.9 Å². The lowest BCUT2D eigenvalue weighted by molar-refractivity contribution is 0.167. The fourth-order valence-electron chi connectivity index (χ4n) is 4.29. The highest BCUT2D eigenvalue weighted by Gasteiger charge is 2.38. The van der Waals surface area contributed by atoms with Gasteiger partial charge in [-0.05, 0) is 69.0 Å². The molecule has 0 radical (unpaired) electrons. The van der Waals surface area contributed by atoms with Gasteiger partial charge in [0.25, 0.3) is 0 Å². The average molecular weight is 495 g/mol. The molecule has 0 saturated heterocycles. The molecule has 3 rings (SSSR count). The summed E-state index contributed by atoms with van der Waals surface area (Å²) in [7, 11) is 0. The van der Waals surface area contributed by atoms with Crippen LogP contribution in [-0.4, -0.2) is 47.9 Å². The predicted molar refractivity (Wildman–Crippen MR) is 141 cm³/mol. The molecule has 0 bridgehead atoms. The standard InChI is InChI=1S/C28H35ClN4O2/c1-6-15-32(16-7-2)27(34)33-24(20-9-12-22(29)13-10-20)18-31-26(33)23-17-21(28(4,5)19-30)11-14-25(23)35-8-3/h9-14,17,24H,6-8,15-16,18H2,1-5H3/t24-/m0/s1. The quantitative estimate of drug-likeness (QED) is 0.395. The molecule has 2 aromatic carbocycles.